The number of ether oxygens (including phenoxy) is 3. The van der Waals surface area contributed by atoms with Gasteiger partial charge in [0.15, 0.2) is 11.6 Å². The molecule has 0 spiro atoms. The summed E-state index contributed by atoms with van der Waals surface area (Å²) < 4.78 is 31.4. The Bertz CT molecular complexity index is 1030. The molecule has 1 aromatic carbocycles. The minimum atomic E-state index is -0.996. The predicted octanol–water partition coefficient (Wildman–Crippen LogP) is 4.19. The topological polar surface area (TPSA) is 93.2 Å². The van der Waals surface area contributed by atoms with E-state index in [0.717, 1.165) is 49.5 Å². The summed E-state index contributed by atoms with van der Waals surface area (Å²) in [6.07, 6.45) is 3.39. The Morgan fingerprint density at radius 1 is 1.31 bits per heavy atom. The van der Waals surface area contributed by atoms with E-state index in [1.807, 2.05) is 30.9 Å². The fraction of sp³-hybridized carbons (Fsp3) is 0.556. The Hall–Kier alpha value is -2.75. The van der Waals surface area contributed by atoms with Crippen molar-refractivity contribution >= 4 is 11.8 Å². The number of carbonyl (C=O) groups is 1. The van der Waals surface area contributed by atoms with Crippen molar-refractivity contribution in [3.8, 4) is 5.75 Å². The number of rotatable bonds is 12. The third-order valence-corrected chi connectivity index (χ3v) is 6.50. The van der Waals surface area contributed by atoms with E-state index >= 15 is 0 Å². The molecule has 2 atom stereocenters. The first-order chi connectivity index (χ1) is 17.4. The molecule has 2 aliphatic rings. The molecule has 2 N–H and O–H groups in total. The maximum Gasteiger partial charge on any atom is 0.325 e. The number of nitrogens with one attached hydrogen (secondary N) is 1. The van der Waals surface area contributed by atoms with Crippen LogP contribution in [0.3, 0.4) is 0 Å². The van der Waals surface area contributed by atoms with Crippen LogP contribution in [0.15, 0.2) is 30.3 Å². The smallest absolute Gasteiger partial charge is 0.325 e. The first kappa shape index (κ1) is 26.3. The van der Waals surface area contributed by atoms with E-state index < -0.39 is 17.8 Å². The number of likely N-dealkylation sites (tertiary alicyclic amines) is 1. The maximum atomic E-state index is 14.1. The van der Waals surface area contributed by atoms with Crippen LogP contribution in [0.2, 0.25) is 0 Å². The van der Waals surface area contributed by atoms with E-state index in [-0.39, 0.29) is 18.8 Å². The molecule has 0 unspecified atom stereocenters. The Morgan fingerprint density at radius 2 is 2.17 bits per heavy atom. The van der Waals surface area contributed by atoms with Crippen LogP contribution in [0.25, 0.3) is 0 Å². The highest BCUT2D eigenvalue weighted by atomic mass is 19.1. The fourth-order valence-corrected chi connectivity index (χ4v) is 4.68. The van der Waals surface area contributed by atoms with Crippen molar-refractivity contribution in [1.82, 2.24) is 9.88 Å². The number of pyridine rings is 1. The van der Waals surface area contributed by atoms with Crippen LogP contribution in [0.1, 0.15) is 56.0 Å². The number of aromatic nitrogens is 1. The number of halogens is 1. The SMILES string of the molecule is CC(C)OCc1ccc(F)cc1[C@@H](C(=O)O)N1CC[C@@H](OCCCCc2ccc3c(n2)NCCO3)C1. The van der Waals surface area contributed by atoms with Gasteiger partial charge < -0.3 is 24.6 Å². The van der Waals surface area contributed by atoms with Gasteiger partial charge in [0.25, 0.3) is 0 Å². The van der Waals surface area contributed by atoms with E-state index in [1.165, 1.54) is 12.1 Å². The van der Waals surface area contributed by atoms with E-state index in [1.54, 1.807) is 6.07 Å². The molecule has 0 bridgehead atoms. The average molecular weight is 502 g/mol. The van der Waals surface area contributed by atoms with Gasteiger partial charge in [-0.3, -0.25) is 9.69 Å². The zero-order chi connectivity index (χ0) is 25.5. The van der Waals surface area contributed by atoms with Gasteiger partial charge in [-0.15, -0.1) is 0 Å². The van der Waals surface area contributed by atoms with E-state index in [0.29, 0.717) is 37.4 Å². The normalized spacial score (nSPS) is 18.5. The standard InChI is InChI=1S/C27H36FN3O5/c1-18(2)36-17-19-6-7-20(28)15-23(19)25(27(32)33)31-12-10-22(16-31)34-13-4-3-5-21-8-9-24-26(30-21)29-11-14-35-24/h6-9,15,18,22,25H,3-5,10-14,16-17H2,1-2H3,(H,29,30)(H,32,33)/t22-,25+/m1/s1. The lowest BCUT2D eigenvalue weighted by atomic mass is 9.99. The van der Waals surface area contributed by atoms with Crippen LogP contribution in [0.4, 0.5) is 10.2 Å². The quantitative estimate of drug-likeness (QED) is 0.418. The molecule has 0 amide bonds. The molecule has 196 valence electrons. The second-order valence-corrected chi connectivity index (χ2v) is 9.60. The summed E-state index contributed by atoms with van der Waals surface area (Å²) in [6, 6.07) is 7.32. The Kier molecular flexibility index (Phi) is 9.12. The van der Waals surface area contributed by atoms with Crippen molar-refractivity contribution in [3.05, 3.63) is 53.0 Å². The van der Waals surface area contributed by atoms with E-state index in [2.05, 4.69) is 10.3 Å². The van der Waals surface area contributed by atoms with E-state index in [4.69, 9.17) is 14.2 Å². The van der Waals surface area contributed by atoms with Crippen molar-refractivity contribution in [3.63, 3.8) is 0 Å². The fourth-order valence-electron chi connectivity index (χ4n) is 4.68. The number of unbranched alkanes of at least 4 members (excludes halogenated alkanes) is 1. The molecule has 9 heteroatoms. The number of benzene rings is 1. The molecular formula is C27H36FN3O5. The van der Waals surface area contributed by atoms with Crippen molar-refractivity contribution in [2.45, 2.75) is 64.4 Å². The number of nitrogens with zero attached hydrogens (tertiary/aromatic N) is 2. The molecular weight excluding hydrogens is 465 g/mol. The molecule has 3 heterocycles. The Morgan fingerprint density at radius 3 is 2.97 bits per heavy atom. The van der Waals surface area contributed by atoms with Crippen LogP contribution < -0.4 is 10.1 Å². The summed E-state index contributed by atoms with van der Waals surface area (Å²) in [5.74, 6) is 0.167. The van der Waals surface area contributed by atoms with Gasteiger partial charge in [0.1, 0.15) is 18.5 Å². The number of carboxylic acid groups (broad SMARTS) is 1. The minimum absolute atomic E-state index is 0.00976. The first-order valence-corrected chi connectivity index (χ1v) is 12.8. The summed E-state index contributed by atoms with van der Waals surface area (Å²) in [7, 11) is 0. The second-order valence-electron chi connectivity index (χ2n) is 9.60. The van der Waals surface area contributed by atoms with Crippen LogP contribution in [-0.2, 0) is 27.3 Å². The van der Waals surface area contributed by atoms with Crippen LogP contribution in [-0.4, -0.2) is 66.0 Å². The third-order valence-electron chi connectivity index (χ3n) is 6.50. The average Bonchev–Trinajstić information content (AvgIpc) is 3.31. The van der Waals surface area contributed by atoms with Gasteiger partial charge in [0.05, 0.1) is 25.4 Å². The largest absolute Gasteiger partial charge is 0.488 e. The number of aliphatic carboxylic acids is 1. The molecule has 4 rings (SSSR count). The van der Waals surface area contributed by atoms with Crippen LogP contribution >= 0.6 is 0 Å². The number of anilines is 1. The molecule has 8 nitrogen and oxygen atoms in total. The summed E-state index contributed by atoms with van der Waals surface area (Å²) in [6.45, 7) is 7.18. The number of aryl methyl sites for hydroxylation is 1. The summed E-state index contributed by atoms with van der Waals surface area (Å²) in [5.41, 5.74) is 2.16. The van der Waals surface area contributed by atoms with Crippen molar-refractivity contribution < 1.29 is 28.5 Å². The Balaban J connectivity index is 1.27. The molecule has 1 fully saturated rings. The zero-order valence-corrected chi connectivity index (χ0v) is 21.0. The highest BCUT2D eigenvalue weighted by Crippen LogP contribution is 2.30. The number of carboxylic acids is 1. The molecule has 2 aliphatic heterocycles. The monoisotopic (exact) mass is 501 g/mol. The summed E-state index contributed by atoms with van der Waals surface area (Å²) >= 11 is 0. The lowest BCUT2D eigenvalue weighted by molar-refractivity contribution is -0.143. The third kappa shape index (κ3) is 6.93. The lowest BCUT2D eigenvalue weighted by Gasteiger charge is -2.26. The Labute approximate surface area is 211 Å². The predicted molar refractivity (Wildman–Crippen MR) is 134 cm³/mol. The van der Waals surface area contributed by atoms with Crippen molar-refractivity contribution in [2.75, 3.05) is 38.2 Å². The first-order valence-electron chi connectivity index (χ1n) is 12.8. The highest BCUT2D eigenvalue weighted by molar-refractivity contribution is 5.76. The number of hydrogen-bond acceptors (Lipinski definition) is 7. The number of fused-ring (bicyclic) bond motifs is 1. The maximum absolute atomic E-state index is 14.1. The van der Waals surface area contributed by atoms with Gasteiger partial charge >= 0.3 is 5.97 Å². The summed E-state index contributed by atoms with van der Waals surface area (Å²) in [4.78, 5) is 18.7. The molecule has 0 radical (unpaired) electrons. The number of hydrogen-bond donors (Lipinski definition) is 2. The van der Waals surface area contributed by atoms with Crippen molar-refractivity contribution in [2.24, 2.45) is 0 Å². The second kappa shape index (κ2) is 12.5. The van der Waals surface area contributed by atoms with Gasteiger partial charge in [-0.1, -0.05) is 6.07 Å². The zero-order valence-electron chi connectivity index (χ0n) is 21.0. The van der Waals surface area contributed by atoms with Crippen LogP contribution in [0.5, 0.6) is 5.75 Å². The molecule has 0 aliphatic carbocycles. The highest BCUT2D eigenvalue weighted by Gasteiger charge is 2.35. The molecule has 2 aromatic rings. The van der Waals surface area contributed by atoms with Gasteiger partial charge in [0.2, 0.25) is 0 Å². The van der Waals surface area contributed by atoms with Crippen molar-refractivity contribution in [1.29, 1.82) is 0 Å². The van der Waals surface area contributed by atoms with Crippen LogP contribution in [0, 0.1) is 5.82 Å². The minimum Gasteiger partial charge on any atom is -0.488 e. The molecule has 36 heavy (non-hydrogen) atoms. The molecule has 1 saturated heterocycles. The van der Waals surface area contributed by atoms with Gasteiger partial charge in [-0.05, 0) is 74.9 Å². The van der Waals surface area contributed by atoms with Gasteiger partial charge in [-0.25, -0.2) is 9.37 Å². The summed E-state index contributed by atoms with van der Waals surface area (Å²) in [5, 5.41) is 13.3. The molecule has 1 aromatic heterocycles. The van der Waals surface area contributed by atoms with Gasteiger partial charge in [-0.2, -0.15) is 0 Å². The van der Waals surface area contributed by atoms with Gasteiger partial charge in [0, 0.05) is 25.4 Å². The van der Waals surface area contributed by atoms with E-state index in [9.17, 15) is 14.3 Å². The molecule has 0 saturated carbocycles. The lowest BCUT2D eigenvalue weighted by Crippen LogP contribution is -2.34.